The number of amides is 2. The molecular weight excluding hydrogens is 376 g/mol. The summed E-state index contributed by atoms with van der Waals surface area (Å²) in [6, 6.07) is 14.7. The molecule has 2 saturated heterocycles. The molecule has 7 nitrogen and oxygen atoms in total. The van der Waals surface area contributed by atoms with Crippen molar-refractivity contribution in [2.24, 2.45) is 11.8 Å². The van der Waals surface area contributed by atoms with Crippen LogP contribution in [0.5, 0.6) is 0 Å². The molecule has 5 rings (SSSR count). The highest BCUT2D eigenvalue weighted by atomic mass is 16.2. The number of carbonyl (C=O) groups is 1. The van der Waals surface area contributed by atoms with Gasteiger partial charge in [0.15, 0.2) is 0 Å². The van der Waals surface area contributed by atoms with Gasteiger partial charge in [0.1, 0.15) is 0 Å². The van der Waals surface area contributed by atoms with E-state index in [0.29, 0.717) is 30.0 Å². The largest absolute Gasteiger partial charge is 0.335 e. The van der Waals surface area contributed by atoms with Crippen LogP contribution in [0.2, 0.25) is 0 Å². The van der Waals surface area contributed by atoms with Gasteiger partial charge >= 0.3 is 6.03 Å². The number of urea groups is 1. The summed E-state index contributed by atoms with van der Waals surface area (Å²) >= 11 is 0. The standard InChI is InChI=1S/C23H26N6O/c1-14-8-17(6-7-25-14)22-19-9-18-13-29(12-16-4-2-15(11-24)3-5-16)23(30)26-20(18)10-21(19)27-28-22/h2-8,18-22,27-28H,9-10,12-13H2,1H3,(H,26,30). The van der Waals surface area contributed by atoms with Gasteiger partial charge in [0.2, 0.25) is 0 Å². The number of aryl methyl sites for hydroxylation is 1. The number of hydrogen-bond donors (Lipinski definition) is 3. The molecule has 1 aromatic carbocycles. The van der Waals surface area contributed by atoms with E-state index < -0.39 is 0 Å². The number of benzene rings is 1. The lowest BCUT2D eigenvalue weighted by Gasteiger charge is -2.45. The molecule has 3 aliphatic rings. The van der Waals surface area contributed by atoms with Gasteiger partial charge in [0, 0.05) is 37.1 Å². The maximum absolute atomic E-state index is 12.7. The van der Waals surface area contributed by atoms with Crippen LogP contribution in [0.15, 0.2) is 42.6 Å². The van der Waals surface area contributed by atoms with Gasteiger partial charge in [0.05, 0.1) is 17.7 Å². The maximum Gasteiger partial charge on any atom is 0.317 e. The van der Waals surface area contributed by atoms with Crippen LogP contribution in [-0.4, -0.2) is 34.5 Å². The maximum atomic E-state index is 12.7. The summed E-state index contributed by atoms with van der Waals surface area (Å²) in [6.45, 7) is 3.36. The number of nitrogens with zero attached hydrogens (tertiary/aromatic N) is 3. The van der Waals surface area contributed by atoms with Crippen molar-refractivity contribution in [1.82, 2.24) is 26.1 Å². The molecule has 5 unspecified atom stereocenters. The highest BCUT2D eigenvalue weighted by Crippen LogP contribution is 2.41. The summed E-state index contributed by atoms with van der Waals surface area (Å²) in [5.74, 6) is 0.911. The highest BCUT2D eigenvalue weighted by molar-refractivity contribution is 5.75. The second kappa shape index (κ2) is 7.71. The monoisotopic (exact) mass is 402 g/mol. The van der Waals surface area contributed by atoms with Crippen molar-refractivity contribution in [1.29, 1.82) is 5.26 Å². The first-order valence-corrected chi connectivity index (χ1v) is 10.6. The molecule has 0 bridgehead atoms. The Kier molecular flexibility index (Phi) is 4.89. The van der Waals surface area contributed by atoms with E-state index in [4.69, 9.17) is 5.26 Å². The van der Waals surface area contributed by atoms with Gasteiger partial charge in [-0.1, -0.05) is 12.1 Å². The summed E-state index contributed by atoms with van der Waals surface area (Å²) in [5, 5.41) is 12.2. The first-order valence-electron chi connectivity index (χ1n) is 10.6. The molecule has 1 aliphatic carbocycles. The second-order valence-corrected chi connectivity index (χ2v) is 8.74. The van der Waals surface area contributed by atoms with Crippen LogP contribution in [-0.2, 0) is 6.54 Å². The Morgan fingerprint density at radius 1 is 1.17 bits per heavy atom. The Balaban J connectivity index is 1.30. The molecule has 1 saturated carbocycles. The van der Waals surface area contributed by atoms with Crippen LogP contribution in [0.4, 0.5) is 4.79 Å². The van der Waals surface area contributed by atoms with Crippen molar-refractivity contribution >= 4 is 6.03 Å². The topological polar surface area (TPSA) is 93.1 Å². The van der Waals surface area contributed by atoms with Crippen molar-refractivity contribution < 1.29 is 4.79 Å². The third kappa shape index (κ3) is 3.53. The Morgan fingerprint density at radius 2 is 2.00 bits per heavy atom. The number of hydrazine groups is 1. The number of fused-ring (bicyclic) bond motifs is 2. The minimum absolute atomic E-state index is 0.00586. The van der Waals surface area contributed by atoms with Gasteiger partial charge < -0.3 is 10.2 Å². The quantitative estimate of drug-likeness (QED) is 0.733. The van der Waals surface area contributed by atoms with Crippen LogP contribution in [0.1, 0.15) is 41.3 Å². The zero-order valence-corrected chi connectivity index (χ0v) is 17.0. The third-order valence-corrected chi connectivity index (χ3v) is 6.81. The van der Waals surface area contributed by atoms with Crippen molar-refractivity contribution in [3.63, 3.8) is 0 Å². The molecule has 3 N–H and O–H groups in total. The Hall–Kier alpha value is -2.95. The van der Waals surface area contributed by atoms with Gasteiger partial charge in [-0.2, -0.15) is 5.26 Å². The molecule has 7 heteroatoms. The fourth-order valence-electron chi connectivity index (χ4n) is 5.28. The van der Waals surface area contributed by atoms with Crippen molar-refractivity contribution in [3.8, 4) is 6.07 Å². The number of nitriles is 1. The summed E-state index contributed by atoms with van der Waals surface area (Å²) in [4.78, 5) is 18.9. The van der Waals surface area contributed by atoms with E-state index in [9.17, 15) is 4.79 Å². The number of carbonyl (C=O) groups excluding carboxylic acids is 1. The second-order valence-electron chi connectivity index (χ2n) is 8.74. The summed E-state index contributed by atoms with van der Waals surface area (Å²) in [6.07, 6.45) is 3.89. The van der Waals surface area contributed by atoms with Crippen molar-refractivity contribution in [2.45, 2.75) is 44.4 Å². The van der Waals surface area contributed by atoms with Gasteiger partial charge in [-0.05, 0) is 67.0 Å². The van der Waals surface area contributed by atoms with Crippen LogP contribution in [0.25, 0.3) is 0 Å². The first kappa shape index (κ1) is 19.0. The minimum Gasteiger partial charge on any atom is -0.335 e. The molecule has 2 amide bonds. The molecule has 2 aromatic rings. The van der Waals surface area contributed by atoms with E-state index in [1.165, 1.54) is 5.56 Å². The predicted octanol–water partition coefficient (Wildman–Crippen LogP) is 2.40. The van der Waals surface area contributed by atoms with Crippen LogP contribution in [0.3, 0.4) is 0 Å². The van der Waals surface area contributed by atoms with E-state index in [-0.39, 0.29) is 18.1 Å². The van der Waals surface area contributed by atoms with E-state index in [1.807, 2.05) is 42.3 Å². The average Bonchev–Trinajstić information content (AvgIpc) is 3.16. The molecule has 30 heavy (non-hydrogen) atoms. The number of hydrogen-bond acceptors (Lipinski definition) is 5. The molecule has 1 aromatic heterocycles. The van der Waals surface area contributed by atoms with Crippen molar-refractivity contribution in [2.75, 3.05) is 6.54 Å². The molecule has 0 spiro atoms. The predicted molar refractivity (Wildman–Crippen MR) is 112 cm³/mol. The normalized spacial score (nSPS) is 30.2. The summed E-state index contributed by atoms with van der Waals surface area (Å²) in [5.41, 5.74) is 11.0. The average molecular weight is 403 g/mol. The van der Waals surface area contributed by atoms with E-state index >= 15 is 0 Å². The molecule has 3 heterocycles. The van der Waals surface area contributed by atoms with Gasteiger partial charge in [0.25, 0.3) is 0 Å². The number of nitrogens with one attached hydrogen (secondary N) is 3. The van der Waals surface area contributed by atoms with Crippen LogP contribution >= 0.6 is 0 Å². The van der Waals surface area contributed by atoms with E-state index in [1.54, 1.807) is 0 Å². The minimum atomic E-state index is 0.00586. The van der Waals surface area contributed by atoms with Gasteiger partial charge in [-0.25, -0.2) is 10.2 Å². The number of rotatable bonds is 3. The lowest BCUT2D eigenvalue weighted by atomic mass is 9.71. The summed E-state index contributed by atoms with van der Waals surface area (Å²) in [7, 11) is 0. The highest BCUT2D eigenvalue weighted by Gasteiger charge is 2.47. The Labute approximate surface area is 176 Å². The molecule has 154 valence electrons. The lowest BCUT2D eigenvalue weighted by Crippen LogP contribution is -2.60. The first-order chi connectivity index (χ1) is 14.6. The van der Waals surface area contributed by atoms with Gasteiger partial charge in [-0.3, -0.25) is 10.4 Å². The van der Waals surface area contributed by atoms with Crippen LogP contribution < -0.4 is 16.2 Å². The molecular formula is C23H26N6O. The fraction of sp³-hybridized carbons (Fsp3) is 0.435. The molecule has 3 fully saturated rings. The smallest absolute Gasteiger partial charge is 0.317 e. The van der Waals surface area contributed by atoms with Gasteiger partial charge in [-0.15, -0.1) is 0 Å². The molecule has 2 aliphatic heterocycles. The van der Waals surface area contributed by atoms with Crippen LogP contribution in [0, 0.1) is 30.1 Å². The summed E-state index contributed by atoms with van der Waals surface area (Å²) < 4.78 is 0. The zero-order valence-electron chi connectivity index (χ0n) is 17.0. The lowest BCUT2D eigenvalue weighted by molar-refractivity contribution is 0.0961. The number of pyridine rings is 1. The molecule has 0 radical (unpaired) electrons. The molecule has 5 atom stereocenters. The van der Waals surface area contributed by atoms with Crippen molar-refractivity contribution in [3.05, 3.63) is 65.0 Å². The third-order valence-electron chi connectivity index (χ3n) is 6.81. The Morgan fingerprint density at radius 3 is 2.77 bits per heavy atom. The fourth-order valence-corrected chi connectivity index (χ4v) is 5.28. The SMILES string of the molecule is Cc1cc(C2NNC3CC4NC(=O)N(Cc5ccc(C#N)cc5)CC4CC32)ccn1. The van der Waals surface area contributed by atoms with E-state index in [2.05, 4.69) is 39.4 Å². The number of aromatic nitrogens is 1. The Bertz CT molecular complexity index is 984. The zero-order chi connectivity index (χ0) is 20.7. The van der Waals surface area contributed by atoms with E-state index in [0.717, 1.165) is 30.6 Å².